The second-order valence-corrected chi connectivity index (χ2v) is 12.3. The third-order valence-corrected chi connectivity index (χ3v) is 8.95. The normalized spacial score (nSPS) is 12.1. The molecule has 0 bridgehead atoms. The number of unbranched alkanes of at least 4 members (excludes halogenated alkanes) is 1. The van der Waals surface area contributed by atoms with Crippen molar-refractivity contribution in [3.63, 3.8) is 0 Å². The predicted octanol–water partition coefficient (Wildman–Crippen LogP) is 5.79. The number of anilines is 1. The molecule has 0 aliphatic carbocycles. The van der Waals surface area contributed by atoms with Gasteiger partial charge >= 0.3 is 0 Å². The summed E-state index contributed by atoms with van der Waals surface area (Å²) in [5.74, 6) is -0.831. The quantitative estimate of drug-likeness (QED) is 0.273. The third kappa shape index (κ3) is 7.64. The van der Waals surface area contributed by atoms with Crippen molar-refractivity contribution in [2.75, 3.05) is 17.4 Å². The van der Waals surface area contributed by atoms with E-state index < -0.39 is 28.5 Å². The van der Waals surface area contributed by atoms with Crippen LogP contribution in [0.5, 0.6) is 0 Å². The Kier molecular flexibility index (Phi) is 10.8. The molecule has 214 valence electrons. The number of nitrogens with one attached hydrogen (secondary N) is 1. The van der Waals surface area contributed by atoms with Crippen LogP contribution in [0.15, 0.2) is 71.6 Å². The van der Waals surface area contributed by atoms with E-state index in [0.717, 1.165) is 28.3 Å². The summed E-state index contributed by atoms with van der Waals surface area (Å²) in [7, 11) is -4.12. The highest BCUT2D eigenvalue weighted by molar-refractivity contribution is 7.92. The van der Waals surface area contributed by atoms with Gasteiger partial charge in [-0.05, 0) is 69.5 Å². The van der Waals surface area contributed by atoms with Crippen LogP contribution < -0.4 is 9.62 Å². The molecule has 0 saturated heterocycles. The molecule has 3 aromatic carbocycles. The zero-order valence-corrected chi connectivity index (χ0v) is 25.3. The van der Waals surface area contributed by atoms with Gasteiger partial charge in [-0.1, -0.05) is 78.5 Å². The molecule has 9 heteroatoms. The molecule has 0 saturated carbocycles. The van der Waals surface area contributed by atoms with Crippen molar-refractivity contribution in [2.45, 2.75) is 64.9 Å². The van der Waals surface area contributed by atoms with E-state index in [-0.39, 0.29) is 17.3 Å². The molecule has 40 heavy (non-hydrogen) atoms. The van der Waals surface area contributed by atoms with E-state index >= 15 is 0 Å². The first-order chi connectivity index (χ1) is 18.9. The smallest absolute Gasteiger partial charge is 0.264 e. The summed E-state index contributed by atoms with van der Waals surface area (Å²) < 4.78 is 29.1. The molecule has 2 amide bonds. The van der Waals surface area contributed by atoms with Gasteiger partial charge in [0, 0.05) is 18.1 Å². The fraction of sp³-hybridized carbons (Fsp3) is 0.355. The Morgan fingerprint density at radius 3 is 2.23 bits per heavy atom. The van der Waals surface area contributed by atoms with Crippen LogP contribution in [0.2, 0.25) is 5.02 Å². The number of nitrogens with zero attached hydrogens (tertiary/aromatic N) is 2. The average molecular weight is 584 g/mol. The lowest BCUT2D eigenvalue weighted by Gasteiger charge is -2.32. The topological polar surface area (TPSA) is 86.8 Å². The maximum absolute atomic E-state index is 14.0. The molecule has 3 rings (SSSR count). The molecule has 0 heterocycles. The molecule has 1 N–H and O–H groups in total. The molecule has 0 spiro atoms. The second-order valence-electron chi connectivity index (χ2n) is 10.0. The summed E-state index contributed by atoms with van der Waals surface area (Å²) in [6.45, 7) is 9.33. The van der Waals surface area contributed by atoms with Crippen molar-refractivity contribution in [2.24, 2.45) is 0 Å². The van der Waals surface area contributed by atoms with E-state index in [1.807, 2.05) is 39.8 Å². The van der Waals surface area contributed by atoms with E-state index in [2.05, 4.69) is 5.32 Å². The van der Waals surface area contributed by atoms with Gasteiger partial charge in [0.25, 0.3) is 10.0 Å². The van der Waals surface area contributed by atoms with E-state index in [4.69, 9.17) is 11.6 Å². The Labute approximate surface area is 243 Å². The molecule has 0 aliphatic heterocycles. The lowest BCUT2D eigenvalue weighted by molar-refractivity contribution is -0.139. The number of benzene rings is 3. The number of hydrogen-bond donors (Lipinski definition) is 1. The first kappa shape index (κ1) is 31.2. The first-order valence-electron chi connectivity index (χ1n) is 13.4. The zero-order chi connectivity index (χ0) is 29.4. The van der Waals surface area contributed by atoms with Crippen LogP contribution in [0.3, 0.4) is 0 Å². The largest absolute Gasteiger partial charge is 0.354 e. The second kappa shape index (κ2) is 13.8. The lowest BCUT2D eigenvalue weighted by Crippen LogP contribution is -2.51. The van der Waals surface area contributed by atoms with Crippen LogP contribution >= 0.6 is 11.6 Å². The van der Waals surface area contributed by atoms with E-state index in [1.165, 1.54) is 17.0 Å². The molecule has 0 aliphatic rings. The Morgan fingerprint density at radius 2 is 1.60 bits per heavy atom. The lowest BCUT2D eigenvalue weighted by atomic mass is 10.1. The highest BCUT2D eigenvalue weighted by atomic mass is 35.5. The first-order valence-corrected chi connectivity index (χ1v) is 15.2. The number of amides is 2. The number of halogens is 1. The number of rotatable bonds is 12. The molecule has 1 atom stereocenters. The Bertz CT molecular complexity index is 1440. The number of carbonyl (C=O) groups excluding carboxylic acids is 2. The SMILES string of the molecule is CCCCNC(=O)[C@H](C)N(Cc1ccccc1Cl)C(=O)CN(c1ccc(C)cc1C)S(=O)(=O)c1ccc(C)cc1. The summed E-state index contributed by atoms with van der Waals surface area (Å²) in [5, 5.41) is 3.34. The van der Waals surface area contributed by atoms with Crippen molar-refractivity contribution in [1.82, 2.24) is 10.2 Å². The zero-order valence-electron chi connectivity index (χ0n) is 23.8. The summed E-state index contributed by atoms with van der Waals surface area (Å²) in [4.78, 5) is 28.6. The third-order valence-electron chi connectivity index (χ3n) is 6.80. The monoisotopic (exact) mass is 583 g/mol. The van der Waals surface area contributed by atoms with Gasteiger partial charge in [-0.3, -0.25) is 13.9 Å². The van der Waals surface area contributed by atoms with Crippen LogP contribution in [0.4, 0.5) is 5.69 Å². The molecule has 0 unspecified atom stereocenters. The van der Waals surface area contributed by atoms with Gasteiger partial charge in [-0.25, -0.2) is 8.42 Å². The van der Waals surface area contributed by atoms with Gasteiger partial charge in [-0.15, -0.1) is 0 Å². The van der Waals surface area contributed by atoms with Crippen molar-refractivity contribution in [3.8, 4) is 0 Å². The van der Waals surface area contributed by atoms with Crippen molar-refractivity contribution >= 4 is 39.1 Å². The van der Waals surface area contributed by atoms with Crippen molar-refractivity contribution in [1.29, 1.82) is 0 Å². The van der Waals surface area contributed by atoms with Crippen LogP contribution in [-0.2, 0) is 26.2 Å². The van der Waals surface area contributed by atoms with Gasteiger partial charge in [0.15, 0.2) is 0 Å². The van der Waals surface area contributed by atoms with Gasteiger partial charge < -0.3 is 10.2 Å². The van der Waals surface area contributed by atoms with Crippen LogP contribution in [0.1, 0.15) is 48.9 Å². The summed E-state index contributed by atoms with van der Waals surface area (Å²) in [6, 6.07) is 18.2. The van der Waals surface area contributed by atoms with Crippen LogP contribution in [-0.4, -0.2) is 44.3 Å². The molecule has 7 nitrogen and oxygen atoms in total. The minimum Gasteiger partial charge on any atom is -0.354 e. The molecular formula is C31H38ClN3O4S. The summed E-state index contributed by atoms with van der Waals surface area (Å²) in [5.41, 5.74) is 3.66. The van der Waals surface area contributed by atoms with E-state index in [0.29, 0.717) is 28.4 Å². The fourth-order valence-corrected chi connectivity index (χ4v) is 6.04. The Morgan fingerprint density at radius 1 is 0.950 bits per heavy atom. The van der Waals surface area contributed by atoms with Gasteiger partial charge in [0.2, 0.25) is 11.8 Å². The number of sulfonamides is 1. The average Bonchev–Trinajstić information content (AvgIpc) is 2.91. The predicted molar refractivity (Wildman–Crippen MR) is 161 cm³/mol. The molecule has 0 radical (unpaired) electrons. The molecule has 0 aromatic heterocycles. The number of aryl methyl sites for hydroxylation is 3. The maximum Gasteiger partial charge on any atom is 0.264 e. The van der Waals surface area contributed by atoms with Gasteiger partial charge in [0.05, 0.1) is 10.6 Å². The molecular weight excluding hydrogens is 546 g/mol. The maximum atomic E-state index is 14.0. The standard InChI is InChI=1S/C31H38ClN3O4S/c1-6-7-18-33-31(37)25(5)34(20-26-10-8-9-11-28(26)32)30(36)21-35(29-17-14-23(3)19-24(29)4)40(38,39)27-15-12-22(2)13-16-27/h8-17,19,25H,6-7,18,20-21H2,1-5H3,(H,33,37)/t25-/m0/s1. The minimum absolute atomic E-state index is 0.0478. The van der Waals surface area contributed by atoms with Gasteiger partial charge in [-0.2, -0.15) is 0 Å². The van der Waals surface area contributed by atoms with E-state index in [9.17, 15) is 18.0 Å². The highest BCUT2D eigenvalue weighted by Crippen LogP contribution is 2.29. The van der Waals surface area contributed by atoms with Crippen molar-refractivity contribution in [3.05, 3.63) is 94.0 Å². The van der Waals surface area contributed by atoms with Crippen molar-refractivity contribution < 1.29 is 18.0 Å². The van der Waals surface area contributed by atoms with Crippen LogP contribution in [0.25, 0.3) is 0 Å². The highest BCUT2D eigenvalue weighted by Gasteiger charge is 2.33. The van der Waals surface area contributed by atoms with Gasteiger partial charge in [0.1, 0.15) is 12.6 Å². The number of carbonyl (C=O) groups is 2. The molecule has 3 aromatic rings. The Hall–Kier alpha value is -3.36. The van der Waals surface area contributed by atoms with E-state index in [1.54, 1.807) is 49.4 Å². The minimum atomic E-state index is -4.12. The fourth-order valence-electron chi connectivity index (χ4n) is 4.36. The summed E-state index contributed by atoms with van der Waals surface area (Å²) in [6.07, 6.45) is 1.73. The Balaban J connectivity index is 2.04. The molecule has 0 fully saturated rings. The summed E-state index contributed by atoms with van der Waals surface area (Å²) >= 11 is 6.42. The number of hydrogen-bond acceptors (Lipinski definition) is 4. The van der Waals surface area contributed by atoms with Crippen LogP contribution in [0, 0.1) is 20.8 Å².